The molecule has 0 radical (unpaired) electrons. The SMILES string of the molecule is CC1C(=O)N(CCCO)C(O)c2c(nc(Oc3cccc(OC(F)(F)F)c3)n2Cc2ccc(Cl)cc2)N1C. The average Bonchev–Trinajstić information content (AvgIpc) is 3.18. The fourth-order valence-electron chi connectivity index (χ4n) is 4.12. The van der Waals surface area contributed by atoms with Crippen LogP contribution in [-0.2, 0) is 11.3 Å². The summed E-state index contributed by atoms with van der Waals surface area (Å²) in [5, 5.41) is 21.2. The van der Waals surface area contributed by atoms with Crippen molar-refractivity contribution in [1.82, 2.24) is 14.5 Å². The van der Waals surface area contributed by atoms with E-state index >= 15 is 0 Å². The van der Waals surface area contributed by atoms with Crippen molar-refractivity contribution >= 4 is 23.3 Å². The van der Waals surface area contributed by atoms with Crippen molar-refractivity contribution in [2.45, 2.75) is 38.5 Å². The first-order valence-corrected chi connectivity index (χ1v) is 12.1. The van der Waals surface area contributed by atoms with Crippen molar-refractivity contribution in [2.75, 3.05) is 25.1 Å². The number of nitrogens with zero attached hydrogens (tertiary/aromatic N) is 4. The molecule has 38 heavy (non-hydrogen) atoms. The summed E-state index contributed by atoms with van der Waals surface area (Å²) in [6, 6.07) is 11.2. The molecule has 1 aromatic heterocycles. The smallest absolute Gasteiger partial charge is 0.425 e. The Kier molecular flexibility index (Phi) is 8.05. The summed E-state index contributed by atoms with van der Waals surface area (Å²) in [4.78, 5) is 20.5. The summed E-state index contributed by atoms with van der Waals surface area (Å²) in [5.74, 6) is -0.554. The number of rotatable bonds is 8. The fraction of sp³-hybridized carbons (Fsp3) is 0.360. The Morgan fingerprint density at radius 3 is 2.47 bits per heavy atom. The first kappa shape index (κ1) is 27.6. The number of carbonyl (C=O) groups excluding carboxylic acids is 1. The van der Waals surface area contributed by atoms with Crippen LogP contribution in [0.5, 0.6) is 17.5 Å². The highest BCUT2D eigenvalue weighted by Crippen LogP contribution is 2.39. The van der Waals surface area contributed by atoms with Crippen LogP contribution in [0.25, 0.3) is 0 Å². The van der Waals surface area contributed by atoms with Crippen LogP contribution >= 0.6 is 11.6 Å². The van der Waals surface area contributed by atoms with Gasteiger partial charge in [0.25, 0.3) is 0 Å². The number of aliphatic hydroxyl groups is 2. The van der Waals surface area contributed by atoms with Crippen LogP contribution in [0.1, 0.15) is 30.8 Å². The number of halogens is 4. The number of fused-ring (bicyclic) bond motifs is 1. The number of carbonyl (C=O) groups is 1. The predicted molar refractivity (Wildman–Crippen MR) is 132 cm³/mol. The molecule has 2 N–H and O–H groups in total. The fourth-order valence-corrected chi connectivity index (χ4v) is 4.25. The number of ether oxygens (including phenoxy) is 2. The van der Waals surface area contributed by atoms with Gasteiger partial charge in [0.2, 0.25) is 5.91 Å². The second-order valence-corrected chi connectivity index (χ2v) is 9.15. The molecular weight excluding hydrogens is 529 g/mol. The Morgan fingerprint density at radius 1 is 1.13 bits per heavy atom. The Bertz CT molecular complexity index is 1280. The lowest BCUT2D eigenvalue weighted by atomic mass is 10.2. The Morgan fingerprint density at radius 2 is 1.82 bits per heavy atom. The lowest BCUT2D eigenvalue weighted by molar-refractivity contribution is -0.274. The number of hydrogen-bond acceptors (Lipinski definition) is 7. The molecule has 0 bridgehead atoms. The summed E-state index contributed by atoms with van der Waals surface area (Å²) in [5.41, 5.74) is 1.00. The average molecular weight is 555 g/mol. The first-order valence-electron chi connectivity index (χ1n) is 11.7. The minimum Gasteiger partial charge on any atom is -0.425 e. The molecule has 0 aliphatic carbocycles. The van der Waals surface area contributed by atoms with Gasteiger partial charge < -0.3 is 29.5 Å². The lowest BCUT2D eigenvalue weighted by Crippen LogP contribution is -2.45. The number of aliphatic hydroxyl groups excluding tert-OH is 2. The molecule has 2 unspecified atom stereocenters. The van der Waals surface area contributed by atoms with Gasteiger partial charge in [0.1, 0.15) is 23.2 Å². The number of anilines is 1. The zero-order chi connectivity index (χ0) is 27.6. The van der Waals surface area contributed by atoms with Crippen molar-refractivity contribution in [3.8, 4) is 17.5 Å². The van der Waals surface area contributed by atoms with Crippen molar-refractivity contribution < 1.29 is 37.7 Å². The molecule has 204 valence electrons. The van der Waals surface area contributed by atoms with E-state index in [1.165, 1.54) is 17.0 Å². The summed E-state index contributed by atoms with van der Waals surface area (Å²) < 4.78 is 49.7. The standard InChI is InChI=1S/C25H26ClF3N4O5/c1-15-22(35)32(11-4-12-34)23(36)20-21(31(15)2)30-24(33(20)14-16-7-9-17(26)10-8-16)37-18-5-3-6-19(13-18)38-25(27,28)29/h3,5-10,13,15,23,34,36H,4,11-12,14H2,1-2H3. The van der Waals surface area contributed by atoms with Crippen LogP contribution in [0.2, 0.25) is 5.02 Å². The zero-order valence-electron chi connectivity index (χ0n) is 20.5. The summed E-state index contributed by atoms with van der Waals surface area (Å²) >= 11 is 6.02. The molecule has 1 aliphatic rings. The monoisotopic (exact) mass is 554 g/mol. The molecule has 0 fully saturated rings. The minimum absolute atomic E-state index is 0.0164. The van der Waals surface area contributed by atoms with Crippen LogP contribution in [0, 0.1) is 0 Å². The third kappa shape index (κ3) is 5.98. The van der Waals surface area contributed by atoms with E-state index in [1.54, 1.807) is 47.7 Å². The maximum atomic E-state index is 13.1. The van der Waals surface area contributed by atoms with Crippen LogP contribution in [0.4, 0.5) is 19.0 Å². The van der Waals surface area contributed by atoms with E-state index in [4.69, 9.17) is 16.3 Å². The van der Waals surface area contributed by atoms with Gasteiger partial charge in [-0.2, -0.15) is 4.98 Å². The zero-order valence-corrected chi connectivity index (χ0v) is 21.3. The largest absolute Gasteiger partial charge is 0.573 e. The molecule has 3 aromatic rings. The Labute approximate surface area is 221 Å². The number of hydrogen-bond donors (Lipinski definition) is 2. The number of alkyl halides is 3. The van der Waals surface area contributed by atoms with Crippen LogP contribution in [0.15, 0.2) is 48.5 Å². The Hall–Kier alpha value is -3.48. The van der Waals surface area contributed by atoms with Crippen molar-refractivity contribution in [3.05, 3.63) is 64.8 Å². The normalized spacial score (nSPS) is 17.8. The van der Waals surface area contributed by atoms with E-state index in [2.05, 4.69) is 9.72 Å². The topological polar surface area (TPSA) is 100 Å². The molecule has 0 saturated heterocycles. The van der Waals surface area contributed by atoms with Crippen molar-refractivity contribution in [3.63, 3.8) is 0 Å². The van der Waals surface area contributed by atoms with E-state index in [0.717, 1.165) is 17.7 Å². The first-order chi connectivity index (χ1) is 18.0. The Balaban J connectivity index is 1.81. The minimum atomic E-state index is -4.88. The maximum absolute atomic E-state index is 13.1. The van der Waals surface area contributed by atoms with Gasteiger partial charge in [0.15, 0.2) is 12.0 Å². The summed E-state index contributed by atoms with van der Waals surface area (Å²) in [6.45, 7) is 1.71. The van der Waals surface area contributed by atoms with E-state index in [1.807, 2.05) is 0 Å². The lowest BCUT2D eigenvalue weighted by Gasteiger charge is -2.29. The molecule has 2 atom stereocenters. The number of aromatic nitrogens is 2. The van der Waals surface area contributed by atoms with Crippen molar-refractivity contribution in [2.24, 2.45) is 0 Å². The highest BCUT2D eigenvalue weighted by molar-refractivity contribution is 6.30. The summed E-state index contributed by atoms with van der Waals surface area (Å²) in [6.07, 6.45) is -6.07. The second-order valence-electron chi connectivity index (χ2n) is 8.71. The van der Waals surface area contributed by atoms with Crippen molar-refractivity contribution in [1.29, 1.82) is 0 Å². The van der Waals surface area contributed by atoms with Gasteiger partial charge in [-0.05, 0) is 43.2 Å². The number of likely N-dealkylation sites (N-methyl/N-ethyl adjacent to an activating group) is 1. The van der Waals surface area contributed by atoms with Gasteiger partial charge >= 0.3 is 12.4 Å². The van der Waals surface area contributed by atoms with Gasteiger partial charge in [0, 0.05) is 31.3 Å². The van der Waals surface area contributed by atoms with E-state index in [9.17, 15) is 28.2 Å². The molecule has 0 saturated carbocycles. The van der Waals surface area contributed by atoms with E-state index in [0.29, 0.717) is 5.02 Å². The summed E-state index contributed by atoms with van der Waals surface area (Å²) in [7, 11) is 1.64. The molecule has 1 amide bonds. The molecule has 2 heterocycles. The van der Waals surface area contributed by atoms with Gasteiger partial charge in [0.05, 0.1) is 6.54 Å². The highest BCUT2D eigenvalue weighted by atomic mass is 35.5. The van der Waals surface area contributed by atoms with Crippen LogP contribution in [0.3, 0.4) is 0 Å². The van der Waals surface area contributed by atoms with Crippen LogP contribution < -0.4 is 14.4 Å². The maximum Gasteiger partial charge on any atom is 0.573 e. The van der Waals surface area contributed by atoms with E-state index < -0.39 is 24.4 Å². The quantitative estimate of drug-likeness (QED) is 0.428. The third-order valence-corrected chi connectivity index (χ3v) is 6.36. The predicted octanol–water partition coefficient (Wildman–Crippen LogP) is 4.32. The van der Waals surface area contributed by atoms with Gasteiger partial charge in [-0.25, -0.2) is 0 Å². The van der Waals surface area contributed by atoms with E-state index in [-0.39, 0.29) is 55.3 Å². The highest BCUT2D eigenvalue weighted by Gasteiger charge is 2.40. The molecular formula is C25H26ClF3N4O5. The molecule has 1 aliphatic heterocycles. The molecule has 0 spiro atoms. The van der Waals surface area contributed by atoms with Gasteiger partial charge in [-0.15, -0.1) is 13.2 Å². The van der Waals surface area contributed by atoms with Gasteiger partial charge in [-0.1, -0.05) is 29.8 Å². The molecule has 9 nitrogen and oxygen atoms in total. The second kappa shape index (κ2) is 11.1. The number of imidazole rings is 1. The molecule has 4 rings (SSSR count). The number of amides is 1. The third-order valence-electron chi connectivity index (χ3n) is 6.11. The molecule has 2 aromatic carbocycles. The van der Waals surface area contributed by atoms with Crippen LogP contribution in [-0.4, -0.2) is 63.2 Å². The van der Waals surface area contributed by atoms with Gasteiger partial charge in [-0.3, -0.25) is 9.36 Å². The molecule has 13 heteroatoms. The number of benzene rings is 2.